The van der Waals surface area contributed by atoms with E-state index in [1.54, 1.807) is 0 Å². The Balaban J connectivity index is 0. The molecule has 0 radical (unpaired) electrons. The van der Waals surface area contributed by atoms with Gasteiger partial charge >= 0.3 is 5.97 Å². The van der Waals surface area contributed by atoms with Crippen molar-refractivity contribution in [3.63, 3.8) is 0 Å². The fourth-order valence-electron chi connectivity index (χ4n) is 1.77. The molecular weight excluding hydrogens is 276 g/mol. The standard InChI is InChI=1S/C15H30O3.Ti/c1-4-5-6-7-8-9-10-11-12-13-15(16)18-17-14(2)3;/h14H,4-13H2,1-3H3;. The van der Waals surface area contributed by atoms with Crippen LogP contribution in [0.15, 0.2) is 0 Å². The van der Waals surface area contributed by atoms with Crippen LogP contribution in [0, 0.1) is 0 Å². The first-order chi connectivity index (χ1) is 8.66. The minimum absolute atomic E-state index is 0. The molecule has 0 aliphatic heterocycles. The molecule has 0 saturated heterocycles. The van der Waals surface area contributed by atoms with E-state index in [1.807, 2.05) is 13.8 Å². The minimum Gasteiger partial charge on any atom is -0.298 e. The molecule has 0 saturated carbocycles. The Morgan fingerprint density at radius 3 is 1.84 bits per heavy atom. The van der Waals surface area contributed by atoms with E-state index in [4.69, 9.17) is 4.89 Å². The van der Waals surface area contributed by atoms with E-state index >= 15 is 0 Å². The zero-order valence-electron chi connectivity index (χ0n) is 12.9. The summed E-state index contributed by atoms with van der Waals surface area (Å²) < 4.78 is 0. The molecule has 0 spiro atoms. The Morgan fingerprint density at radius 1 is 0.895 bits per heavy atom. The predicted octanol–water partition coefficient (Wildman–Crippen LogP) is 4.79. The summed E-state index contributed by atoms with van der Waals surface area (Å²) in [7, 11) is 0. The van der Waals surface area contributed by atoms with E-state index in [2.05, 4.69) is 11.8 Å². The molecule has 0 aliphatic carbocycles. The molecule has 19 heavy (non-hydrogen) atoms. The van der Waals surface area contributed by atoms with Crippen LogP contribution in [0.4, 0.5) is 0 Å². The van der Waals surface area contributed by atoms with E-state index in [-0.39, 0.29) is 33.8 Å². The van der Waals surface area contributed by atoms with Crippen LogP contribution in [-0.4, -0.2) is 12.1 Å². The normalized spacial score (nSPS) is 10.3. The summed E-state index contributed by atoms with van der Waals surface area (Å²) in [6.45, 7) is 5.92. The van der Waals surface area contributed by atoms with Crippen LogP contribution >= 0.6 is 0 Å². The van der Waals surface area contributed by atoms with Crippen molar-refractivity contribution in [2.75, 3.05) is 0 Å². The van der Waals surface area contributed by atoms with Gasteiger partial charge in [0.15, 0.2) is 0 Å². The van der Waals surface area contributed by atoms with E-state index in [0.29, 0.717) is 6.42 Å². The summed E-state index contributed by atoms with van der Waals surface area (Å²) in [5.41, 5.74) is 0. The third kappa shape index (κ3) is 18.1. The maximum atomic E-state index is 11.2. The summed E-state index contributed by atoms with van der Waals surface area (Å²) in [6, 6.07) is 0. The Hall–Kier alpha value is 0.144. The van der Waals surface area contributed by atoms with Gasteiger partial charge in [-0.05, 0) is 20.3 Å². The van der Waals surface area contributed by atoms with Gasteiger partial charge < -0.3 is 0 Å². The number of hydrogen-bond donors (Lipinski definition) is 0. The molecule has 3 nitrogen and oxygen atoms in total. The molecule has 112 valence electrons. The smallest absolute Gasteiger partial charge is 0.298 e. The Labute approximate surface area is 133 Å². The summed E-state index contributed by atoms with van der Waals surface area (Å²) >= 11 is 0. The van der Waals surface area contributed by atoms with Gasteiger partial charge in [0.25, 0.3) is 0 Å². The van der Waals surface area contributed by atoms with Crippen molar-refractivity contribution in [1.82, 2.24) is 0 Å². The summed E-state index contributed by atoms with van der Waals surface area (Å²) in [6.07, 6.45) is 11.7. The molecule has 0 aromatic heterocycles. The van der Waals surface area contributed by atoms with E-state index in [0.717, 1.165) is 12.8 Å². The van der Waals surface area contributed by atoms with Crippen molar-refractivity contribution in [2.45, 2.75) is 91.1 Å². The van der Waals surface area contributed by atoms with Crippen LogP contribution in [0.2, 0.25) is 0 Å². The molecule has 0 unspecified atom stereocenters. The SMILES string of the molecule is CCCCCCCCCCCC(=O)OOC(C)C.[Ti]. The molecule has 0 aromatic rings. The van der Waals surface area contributed by atoms with Crippen LogP contribution in [0.5, 0.6) is 0 Å². The molecule has 0 amide bonds. The van der Waals surface area contributed by atoms with Gasteiger partial charge in [-0.1, -0.05) is 58.3 Å². The summed E-state index contributed by atoms with van der Waals surface area (Å²) in [5, 5.41) is 0. The van der Waals surface area contributed by atoms with Crippen LogP contribution in [-0.2, 0) is 36.3 Å². The minimum atomic E-state index is -0.244. The fourth-order valence-corrected chi connectivity index (χ4v) is 1.77. The monoisotopic (exact) mass is 306 g/mol. The fraction of sp³-hybridized carbons (Fsp3) is 0.933. The molecule has 0 fully saturated rings. The number of hydrogen-bond acceptors (Lipinski definition) is 3. The predicted molar refractivity (Wildman–Crippen MR) is 74.2 cm³/mol. The van der Waals surface area contributed by atoms with E-state index in [9.17, 15) is 4.79 Å². The van der Waals surface area contributed by atoms with E-state index in [1.165, 1.54) is 44.9 Å². The van der Waals surface area contributed by atoms with Crippen molar-refractivity contribution >= 4 is 5.97 Å². The van der Waals surface area contributed by atoms with Gasteiger partial charge in [0.1, 0.15) is 0 Å². The van der Waals surface area contributed by atoms with Crippen LogP contribution in [0.1, 0.15) is 85.0 Å². The zero-order valence-corrected chi connectivity index (χ0v) is 14.4. The van der Waals surface area contributed by atoms with Crippen LogP contribution in [0.3, 0.4) is 0 Å². The van der Waals surface area contributed by atoms with Crippen molar-refractivity contribution in [3.8, 4) is 0 Å². The van der Waals surface area contributed by atoms with Crippen LogP contribution in [0.25, 0.3) is 0 Å². The van der Waals surface area contributed by atoms with Gasteiger partial charge in [0.05, 0.1) is 6.10 Å². The second kappa shape index (κ2) is 16.2. The number of carbonyl (C=O) groups is 1. The number of carbonyl (C=O) groups excluding carboxylic acids is 1. The van der Waals surface area contributed by atoms with Crippen LogP contribution < -0.4 is 0 Å². The Kier molecular flexibility index (Phi) is 18.3. The molecule has 0 atom stereocenters. The van der Waals surface area contributed by atoms with E-state index < -0.39 is 0 Å². The van der Waals surface area contributed by atoms with Crippen molar-refractivity contribution in [2.24, 2.45) is 0 Å². The summed E-state index contributed by atoms with van der Waals surface area (Å²) in [5.74, 6) is -0.244. The maximum Gasteiger partial charge on any atom is 0.342 e. The first-order valence-corrected chi connectivity index (χ1v) is 7.53. The second-order valence-electron chi connectivity index (χ2n) is 5.18. The number of unbranched alkanes of at least 4 members (excludes halogenated alkanes) is 8. The van der Waals surface area contributed by atoms with Gasteiger partial charge in [-0.2, -0.15) is 4.89 Å². The Morgan fingerprint density at radius 2 is 1.37 bits per heavy atom. The van der Waals surface area contributed by atoms with Gasteiger partial charge in [0.2, 0.25) is 0 Å². The number of rotatable bonds is 12. The van der Waals surface area contributed by atoms with Crippen molar-refractivity contribution in [1.29, 1.82) is 0 Å². The van der Waals surface area contributed by atoms with Gasteiger partial charge in [-0.3, -0.25) is 4.89 Å². The van der Waals surface area contributed by atoms with Gasteiger partial charge in [0, 0.05) is 28.1 Å². The molecule has 0 aromatic carbocycles. The zero-order chi connectivity index (χ0) is 13.6. The Bertz CT molecular complexity index is 196. The first kappa shape index (κ1) is 21.4. The quantitative estimate of drug-likeness (QED) is 0.225. The third-order valence-electron chi connectivity index (χ3n) is 2.82. The van der Waals surface area contributed by atoms with Crippen molar-refractivity contribution in [3.05, 3.63) is 0 Å². The maximum absolute atomic E-state index is 11.2. The molecular formula is C15H30O3Ti. The second-order valence-corrected chi connectivity index (χ2v) is 5.18. The largest absolute Gasteiger partial charge is 0.342 e. The third-order valence-corrected chi connectivity index (χ3v) is 2.82. The molecule has 0 rings (SSSR count). The first-order valence-electron chi connectivity index (χ1n) is 7.53. The van der Waals surface area contributed by atoms with Crippen molar-refractivity contribution < 1.29 is 36.3 Å². The molecule has 0 heterocycles. The molecule has 0 bridgehead atoms. The summed E-state index contributed by atoms with van der Waals surface area (Å²) in [4.78, 5) is 20.6. The average Bonchev–Trinajstić information content (AvgIpc) is 2.34. The molecule has 0 aliphatic rings. The average molecular weight is 306 g/mol. The topological polar surface area (TPSA) is 35.5 Å². The van der Waals surface area contributed by atoms with Gasteiger partial charge in [-0.15, -0.1) is 0 Å². The molecule has 0 N–H and O–H groups in total. The molecule has 4 heteroatoms. The van der Waals surface area contributed by atoms with Gasteiger partial charge in [-0.25, -0.2) is 4.79 Å².